The molecule has 10 rings (SSSR count). The minimum absolute atomic E-state index is 0.520. The molecule has 0 bridgehead atoms. The first-order valence-corrected chi connectivity index (χ1v) is 56.6. The third-order valence-electron chi connectivity index (χ3n) is 25.3. The van der Waals surface area contributed by atoms with E-state index in [1.807, 2.05) is 86.3 Å². The molecule has 0 nitrogen and oxygen atoms in total. The zero-order valence-corrected chi connectivity index (χ0v) is 81.7. The second-order valence-corrected chi connectivity index (χ2v) is 65.2. The van der Waals surface area contributed by atoms with Crippen molar-refractivity contribution >= 4 is 141 Å². The number of aryl methyl sites for hydroxylation is 2. The largest absolute Gasteiger partial charge is 0.146 e. The van der Waals surface area contributed by atoms with Crippen LogP contribution in [0.2, 0.25) is 66.5 Å². The van der Waals surface area contributed by atoms with Crippen molar-refractivity contribution in [1.29, 1.82) is 0 Å². The van der Waals surface area contributed by atoms with Crippen LogP contribution in [0.5, 0.6) is 0 Å². The SMILES string of the molecule is CC#Cc1cc2c(-c3cc4sc(-c5ccc(-c6cc(CCCCCC)sc6C#C[Si](C(C)C)(C(C)C)C(C)C)cc5)c(C#C[Si](C(C)C)(C(C)C)C(C)C)c4s3)ccc(-c3cc4sc(-c5ccc(-c6cc(CCCCCC)sc6C#C[Si](C(C)C)(C(C)C)C(C)C)cc5)c(C#C[Si](C(C)C)(C(C)C)C(C)C)c4s3)c2s1. The average molecular weight is 1650 g/mol. The van der Waals surface area contributed by atoms with Gasteiger partial charge in [0.15, 0.2) is 0 Å². The van der Waals surface area contributed by atoms with E-state index in [4.69, 9.17) is 0 Å². The third-order valence-corrected chi connectivity index (χ3v) is 58.8. The molecule has 0 aliphatic rings. The second-order valence-electron chi connectivity index (χ2n) is 35.4. The average Bonchev–Trinajstić information content (AvgIpc) is 1.59. The maximum Gasteiger partial charge on any atom is 0.146 e. The van der Waals surface area contributed by atoms with Gasteiger partial charge in [-0.25, -0.2) is 0 Å². The summed E-state index contributed by atoms with van der Waals surface area (Å²) in [4.78, 5) is 11.6. The number of unbranched alkanes of at least 4 members (excludes halogenated alkanes) is 6. The van der Waals surface area contributed by atoms with Gasteiger partial charge in [0.1, 0.15) is 32.3 Å². The minimum atomic E-state index is -2.12. The summed E-state index contributed by atoms with van der Waals surface area (Å²) in [6.45, 7) is 65.1. The highest BCUT2D eigenvalue weighted by molar-refractivity contribution is 7.32. The van der Waals surface area contributed by atoms with E-state index in [1.165, 1.54) is 175 Å². The van der Waals surface area contributed by atoms with Crippen molar-refractivity contribution in [3.8, 4) is 122 Å². The molecular weight excluding hydrogens is 1530 g/mol. The second kappa shape index (κ2) is 37.3. The quantitative estimate of drug-likeness (QED) is 0.0260. The highest BCUT2D eigenvalue weighted by Crippen LogP contribution is 2.54. The van der Waals surface area contributed by atoms with E-state index in [-0.39, 0.29) is 0 Å². The van der Waals surface area contributed by atoms with Gasteiger partial charge in [-0.3, -0.25) is 0 Å². The molecule has 11 heteroatoms. The molecule has 0 saturated carbocycles. The number of hydrogen-bond acceptors (Lipinski definition) is 7. The van der Waals surface area contributed by atoms with Crippen LogP contribution in [0.25, 0.3) is 92.9 Å². The van der Waals surface area contributed by atoms with Crippen molar-refractivity contribution < 1.29 is 0 Å². The number of benzene rings is 3. The molecule has 3 aromatic carbocycles. The zero-order valence-electron chi connectivity index (χ0n) is 72.0. The fourth-order valence-electron chi connectivity index (χ4n) is 19.6. The molecule has 7 heterocycles. The lowest BCUT2D eigenvalue weighted by Gasteiger charge is -2.38. The van der Waals surface area contributed by atoms with E-state index in [2.05, 4.69) is 329 Å². The summed E-state index contributed by atoms with van der Waals surface area (Å²) < 4.78 is 6.51. The van der Waals surface area contributed by atoms with E-state index in [9.17, 15) is 0 Å². The Bertz CT molecular complexity index is 4760. The zero-order chi connectivity index (χ0) is 80.1. The van der Waals surface area contributed by atoms with Crippen LogP contribution in [0.1, 0.15) is 274 Å². The molecule has 0 saturated heterocycles. The molecule has 0 fully saturated rings. The Morgan fingerprint density at radius 1 is 0.300 bits per heavy atom. The van der Waals surface area contributed by atoms with E-state index in [1.54, 1.807) is 0 Å². The summed E-state index contributed by atoms with van der Waals surface area (Å²) in [5, 5.41) is 1.27. The topological polar surface area (TPSA) is 0 Å². The predicted octanol–water partition coefficient (Wildman–Crippen LogP) is 34.5. The first-order chi connectivity index (χ1) is 52.3. The van der Waals surface area contributed by atoms with E-state index >= 15 is 0 Å². The van der Waals surface area contributed by atoms with Crippen LogP contribution < -0.4 is 0 Å². The van der Waals surface area contributed by atoms with Crippen LogP contribution in [-0.4, -0.2) is 32.3 Å². The lowest BCUT2D eigenvalue weighted by atomic mass is 10.0. The molecule has 7 aromatic heterocycles. The molecule has 110 heavy (non-hydrogen) atoms. The summed E-state index contributed by atoms with van der Waals surface area (Å²) in [6, 6.07) is 36.3. The van der Waals surface area contributed by atoms with Crippen molar-refractivity contribution in [2.45, 2.75) is 318 Å². The van der Waals surface area contributed by atoms with Crippen LogP contribution in [0, 0.1) is 57.7 Å². The minimum Gasteiger partial charge on any atom is -0.133 e. The highest BCUT2D eigenvalue weighted by atomic mass is 32.1. The van der Waals surface area contributed by atoms with Gasteiger partial charge in [0, 0.05) is 61.2 Å². The molecule has 0 N–H and O–H groups in total. The van der Waals surface area contributed by atoms with Gasteiger partial charge in [-0.15, -0.1) is 107 Å². The van der Waals surface area contributed by atoms with E-state index in [0.717, 1.165) is 17.7 Å². The lowest BCUT2D eigenvalue weighted by Crippen LogP contribution is -2.43. The first kappa shape index (κ1) is 87.4. The van der Waals surface area contributed by atoms with Crippen molar-refractivity contribution in [2.75, 3.05) is 0 Å². The summed E-state index contributed by atoms with van der Waals surface area (Å²) in [5.74, 6) is 23.0. The number of rotatable bonds is 28. The predicted molar refractivity (Wildman–Crippen MR) is 517 cm³/mol. The summed E-state index contributed by atoms with van der Waals surface area (Å²) in [6.07, 6.45) is 12.3. The molecular formula is C99H128S7Si4. The smallest absolute Gasteiger partial charge is 0.133 e. The molecule has 0 spiro atoms. The summed E-state index contributed by atoms with van der Waals surface area (Å²) >= 11 is 13.5. The highest BCUT2D eigenvalue weighted by Gasteiger charge is 2.45. The Morgan fingerprint density at radius 2 is 0.627 bits per heavy atom. The van der Waals surface area contributed by atoms with Crippen LogP contribution in [0.4, 0.5) is 0 Å². The Hall–Kier alpha value is -4.99. The third kappa shape index (κ3) is 17.6. The molecule has 10 aromatic rings. The van der Waals surface area contributed by atoms with E-state index in [0.29, 0.717) is 66.5 Å². The molecule has 0 aliphatic heterocycles. The van der Waals surface area contributed by atoms with Crippen molar-refractivity contribution in [1.82, 2.24) is 0 Å². The van der Waals surface area contributed by atoms with Crippen molar-refractivity contribution in [3.05, 3.63) is 127 Å². The number of hydrogen-bond donors (Lipinski definition) is 0. The standard InChI is InChI=1S/C99H128S7Si4/c1-28-31-33-35-38-80-58-86(89(100-80)52-56-109(69(16)17,70(18)19)71(20)21)75-40-44-77(45-41-75)95-84(50-54-107(63(4)5,64(6)7)65(8)9)98-93(105-95)61-91(103-98)82-48-49-83(97-88(82)60-79(102-97)37-30-3)92-62-94-99(104-92)85(51-55-108(66(10)11,67(12)13)68(14)15)96(106-94)78-46-42-76(43-47-78)87-59-81(39-36-34-32-29-2)101-90(87)53-57-110(72(22)23,73(24)25)74(26)27/h40-49,58-74H,28-29,31-36,38-39H2,1-27H3. The number of fused-ring (bicyclic) bond motifs is 3. The van der Waals surface area contributed by atoms with Gasteiger partial charge >= 0.3 is 0 Å². The molecule has 0 radical (unpaired) electrons. The maximum absolute atomic E-state index is 4.24. The van der Waals surface area contributed by atoms with Gasteiger partial charge in [-0.05, 0) is 152 Å². The lowest BCUT2D eigenvalue weighted by molar-refractivity contribution is 0.670. The number of thiophene rings is 7. The normalized spacial score (nSPS) is 12.6. The van der Waals surface area contributed by atoms with Crippen LogP contribution in [-0.2, 0) is 12.8 Å². The molecule has 0 atom stereocenters. The fraction of sp³-hybridized carbons (Fsp3) is 0.495. The fourth-order valence-corrected chi connectivity index (χ4v) is 49.1. The van der Waals surface area contributed by atoms with Crippen LogP contribution in [0.3, 0.4) is 0 Å². The van der Waals surface area contributed by atoms with Gasteiger partial charge in [-0.1, -0.05) is 309 Å². The van der Waals surface area contributed by atoms with E-state index < -0.39 is 32.3 Å². The first-order valence-electron chi connectivity index (χ1n) is 42.0. The Kier molecular flexibility index (Phi) is 29.6. The van der Waals surface area contributed by atoms with Gasteiger partial charge in [0.2, 0.25) is 0 Å². The van der Waals surface area contributed by atoms with Crippen LogP contribution >= 0.6 is 79.4 Å². The van der Waals surface area contributed by atoms with Crippen LogP contribution in [0.15, 0.2) is 91.0 Å². The van der Waals surface area contributed by atoms with Crippen molar-refractivity contribution in [3.63, 3.8) is 0 Å². The maximum atomic E-state index is 4.24. The Morgan fingerprint density at radius 3 is 0.964 bits per heavy atom. The Balaban J connectivity index is 1.09. The van der Waals surface area contributed by atoms with Gasteiger partial charge < -0.3 is 0 Å². The Labute approximate surface area is 699 Å². The molecule has 0 unspecified atom stereocenters. The summed E-state index contributed by atoms with van der Waals surface area (Å²) in [7, 11) is -8.15. The van der Waals surface area contributed by atoms with Gasteiger partial charge in [-0.2, -0.15) is 0 Å². The molecule has 0 amide bonds. The van der Waals surface area contributed by atoms with Gasteiger partial charge in [0.25, 0.3) is 0 Å². The molecule has 582 valence electrons. The van der Waals surface area contributed by atoms with Crippen molar-refractivity contribution in [2.24, 2.45) is 0 Å². The monoisotopic (exact) mass is 1650 g/mol. The van der Waals surface area contributed by atoms with Gasteiger partial charge in [0.05, 0.1) is 44.9 Å². The molecule has 0 aliphatic carbocycles. The summed E-state index contributed by atoms with van der Waals surface area (Å²) in [5.41, 5.74) is 35.9.